The maximum Gasteiger partial charge on any atom is 0.416 e. The number of nitrogens with zero attached hydrogens (tertiary/aromatic N) is 2. The van der Waals surface area contributed by atoms with Gasteiger partial charge >= 0.3 is 6.18 Å². The summed E-state index contributed by atoms with van der Waals surface area (Å²) in [6, 6.07) is 12.3. The van der Waals surface area contributed by atoms with Gasteiger partial charge in [-0.05, 0) is 63.6 Å². The van der Waals surface area contributed by atoms with Gasteiger partial charge in [-0.25, -0.2) is 4.68 Å². The van der Waals surface area contributed by atoms with Crippen LogP contribution in [0.2, 0.25) is 0 Å². The Kier molecular flexibility index (Phi) is 6.91. The Morgan fingerprint density at radius 1 is 1.16 bits per heavy atom. The molecule has 3 rings (SSSR count). The Morgan fingerprint density at radius 3 is 2.56 bits per heavy atom. The molecule has 170 valence electrons. The van der Waals surface area contributed by atoms with E-state index in [1.165, 1.54) is 10.7 Å². The molecule has 0 aliphatic carbocycles. The largest absolute Gasteiger partial charge is 0.494 e. The Bertz CT molecular complexity index is 1110. The molecule has 1 atom stereocenters. The molecule has 8 heteroatoms. The maximum absolute atomic E-state index is 13.1. The van der Waals surface area contributed by atoms with Gasteiger partial charge in [-0.3, -0.25) is 4.79 Å². The minimum absolute atomic E-state index is 0.0755. The first kappa shape index (κ1) is 23.4. The molecule has 1 aromatic heterocycles. The second-order valence-electron chi connectivity index (χ2n) is 7.58. The molecular formula is C24H26F3N3O2. The Balaban J connectivity index is 1.77. The van der Waals surface area contributed by atoms with Crippen molar-refractivity contribution in [1.29, 1.82) is 0 Å². The molecule has 0 saturated carbocycles. The van der Waals surface area contributed by atoms with Gasteiger partial charge in [0.15, 0.2) is 0 Å². The van der Waals surface area contributed by atoms with Crippen LogP contribution in [-0.4, -0.2) is 22.3 Å². The molecule has 32 heavy (non-hydrogen) atoms. The summed E-state index contributed by atoms with van der Waals surface area (Å²) in [4.78, 5) is 12.7. The number of hydrogen-bond acceptors (Lipinski definition) is 3. The molecular weight excluding hydrogens is 419 g/mol. The summed E-state index contributed by atoms with van der Waals surface area (Å²) in [6.07, 6.45) is -4.36. The van der Waals surface area contributed by atoms with E-state index in [1.807, 2.05) is 38.1 Å². The number of amides is 1. The van der Waals surface area contributed by atoms with Crippen LogP contribution in [0.25, 0.3) is 5.69 Å². The zero-order valence-corrected chi connectivity index (χ0v) is 18.5. The quantitative estimate of drug-likeness (QED) is 0.535. The molecule has 0 saturated heterocycles. The molecule has 0 fully saturated rings. The first-order chi connectivity index (χ1) is 15.1. The second-order valence-corrected chi connectivity index (χ2v) is 7.58. The Morgan fingerprint density at radius 2 is 1.88 bits per heavy atom. The summed E-state index contributed by atoms with van der Waals surface area (Å²) in [6.45, 7) is 7.84. The summed E-state index contributed by atoms with van der Waals surface area (Å²) in [7, 11) is 0. The van der Waals surface area contributed by atoms with E-state index >= 15 is 0 Å². The smallest absolute Gasteiger partial charge is 0.416 e. The van der Waals surface area contributed by atoms with Gasteiger partial charge in [0.05, 0.1) is 36.0 Å². The van der Waals surface area contributed by atoms with Gasteiger partial charge in [-0.15, -0.1) is 0 Å². The summed E-state index contributed by atoms with van der Waals surface area (Å²) in [5, 5.41) is 7.34. The fraction of sp³-hybridized carbons (Fsp3) is 0.333. The lowest BCUT2D eigenvalue weighted by molar-refractivity contribution is -0.137. The number of hydrogen-bond donors (Lipinski definition) is 1. The van der Waals surface area contributed by atoms with Crippen molar-refractivity contribution in [3.63, 3.8) is 0 Å². The molecule has 1 unspecified atom stereocenters. The van der Waals surface area contributed by atoms with Crippen molar-refractivity contribution in [3.8, 4) is 11.4 Å². The normalized spacial score (nSPS) is 12.5. The third-order valence-corrected chi connectivity index (χ3v) is 5.24. The van der Waals surface area contributed by atoms with Crippen LogP contribution in [-0.2, 0) is 17.4 Å². The van der Waals surface area contributed by atoms with E-state index < -0.39 is 11.7 Å². The highest BCUT2D eigenvalue weighted by molar-refractivity contribution is 5.79. The average Bonchev–Trinajstić information content (AvgIpc) is 3.02. The number of aryl methyl sites for hydroxylation is 1. The lowest BCUT2D eigenvalue weighted by Crippen LogP contribution is -2.28. The number of halogens is 3. The summed E-state index contributed by atoms with van der Waals surface area (Å²) in [5.74, 6) is 0.536. The highest BCUT2D eigenvalue weighted by atomic mass is 19.4. The van der Waals surface area contributed by atoms with Crippen LogP contribution in [0.3, 0.4) is 0 Å². The Hall–Kier alpha value is -3.29. The number of ether oxygens (including phenoxy) is 1. The van der Waals surface area contributed by atoms with Crippen molar-refractivity contribution in [2.75, 3.05) is 6.61 Å². The van der Waals surface area contributed by atoms with E-state index in [2.05, 4.69) is 10.4 Å². The van der Waals surface area contributed by atoms with Gasteiger partial charge < -0.3 is 10.1 Å². The van der Waals surface area contributed by atoms with Crippen LogP contribution in [0.1, 0.15) is 48.0 Å². The number of carbonyl (C=O) groups excluding carboxylic acids is 1. The van der Waals surface area contributed by atoms with Crippen LogP contribution < -0.4 is 10.1 Å². The minimum atomic E-state index is -4.44. The van der Waals surface area contributed by atoms with E-state index in [0.717, 1.165) is 23.4 Å². The maximum atomic E-state index is 13.1. The van der Waals surface area contributed by atoms with E-state index in [4.69, 9.17) is 4.74 Å². The number of benzene rings is 2. The fourth-order valence-electron chi connectivity index (χ4n) is 3.57. The molecule has 0 radical (unpaired) electrons. The topological polar surface area (TPSA) is 56.1 Å². The van der Waals surface area contributed by atoms with Crippen LogP contribution in [0, 0.1) is 13.8 Å². The Labute approximate surface area is 185 Å². The van der Waals surface area contributed by atoms with E-state index in [0.29, 0.717) is 29.2 Å². The number of rotatable bonds is 7. The minimum Gasteiger partial charge on any atom is -0.494 e. The van der Waals surface area contributed by atoms with Crippen molar-refractivity contribution >= 4 is 5.91 Å². The molecule has 0 bridgehead atoms. The lowest BCUT2D eigenvalue weighted by atomic mass is 10.1. The van der Waals surface area contributed by atoms with Crippen LogP contribution in [0.15, 0.2) is 48.5 Å². The SMILES string of the molecule is CCOc1cccc(C(C)NC(=O)Cc2c(C)nn(-c3cccc(C(F)(F)F)c3)c2C)c1. The molecule has 2 aromatic carbocycles. The zero-order valence-electron chi connectivity index (χ0n) is 18.5. The molecule has 1 N–H and O–H groups in total. The molecule has 0 aliphatic rings. The second kappa shape index (κ2) is 9.46. The lowest BCUT2D eigenvalue weighted by Gasteiger charge is -2.16. The number of aromatic nitrogens is 2. The monoisotopic (exact) mass is 445 g/mol. The van der Waals surface area contributed by atoms with Gasteiger partial charge in [0.25, 0.3) is 0 Å². The molecule has 5 nitrogen and oxygen atoms in total. The van der Waals surface area contributed by atoms with Crippen molar-refractivity contribution in [2.45, 2.75) is 46.3 Å². The van der Waals surface area contributed by atoms with Gasteiger partial charge in [-0.1, -0.05) is 18.2 Å². The van der Waals surface area contributed by atoms with Crippen molar-refractivity contribution in [2.24, 2.45) is 0 Å². The molecule has 1 amide bonds. The first-order valence-corrected chi connectivity index (χ1v) is 10.3. The van der Waals surface area contributed by atoms with E-state index in [1.54, 1.807) is 19.9 Å². The van der Waals surface area contributed by atoms with Gasteiger partial charge in [-0.2, -0.15) is 18.3 Å². The standard InChI is InChI=1S/C24H26F3N3O2/c1-5-32-21-11-6-8-18(12-21)15(2)28-23(31)14-22-16(3)29-30(17(22)4)20-10-7-9-19(13-20)24(25,26)27/h6-13,15H,5,14H2,1-4H3,(H,28,31). The predicted octanol–water partition coefficient (Wildman–Crippen LogP) is 5.33. The van der Waals surface area contributed by atoms with Gasteiger partial charge in [0.2, 0.25) is 5.91 Å². The van der Waals surface area contributed by atoms with Crippen molar-refractivity contribution in [3.05, 3.63) is 76.6 Å². The first-order valence-electron chi connectivity index (χ1n) is 10.3. The van der Waals surface area contributed by atoms with Crippen LogP contribution in [0.4, 0.5) is 13.2 Å². The van der Waals surface area contributed by atoms with E-state index in [-0.39, 0.29) is 18.4 Å². The molecule has 0 aliphatic heterocycles. The molecule has 1 heterocycles. The van der Waals surface area contributed by atoms with Crippen molar-refractivity contribution < 1.29 is 22.7 Å². The van der Waals surface area contributed by atoms with Gasteiger partial charge in [0, 0.05) is 11.3 Å². The van der Waals surface area contributed by atoms with Crippen LogP contribution in [0.5, 0.6) is 5.75 Å². The number of carbonyl (C=O) groups is 1. The van der Waals surface area contributed by atoms with Gasteiger partial charge in [0.1, 0.15) is 5.75 Å². The van der Waals surface area contributed by atoms with Crippen LogP contribution >= 0.6 is 0 Å². The van der Waals surface area contributed by atoms with Crippen molar-refractivity contribution in [1.82, 2.24) is 15.1 Å². The summed E-state index contributed by atoms with van der Waals surface area (Å²) < 4.78 is 46.2. The summed E-state index contributed by atoms with van der Waals surface area (Å²) >= 11 is 0. The zero-order chi connectivity index (χ0) is 23.5. The average molecular weight is 445 g/mol. The predicted molar refractivity (Wildman–Crippen MR) is 116 cm³/mol. The number of alkyl halides is 3. The third kappa shape index (κ3) is 5.30. The van der Waals surface area contributed by atoms with E-state index in [9.17, 15) is 18.0 Å². The highest BCUT2D eigenvalue weighted by Gasteiger charge is 2.31. The molecule has 3 aromatic rings. The fourth-order valence-corrected chi connectivity index (χ4v) is 3.57. The highest BCUT2D eigenvalue weighted by Crippen LogP contribution is 2.31. The summed E-state index contributed by atoms with van der Waals surface area (Å²) in [5.41, 5.74) is 2.38. The third-order valence-electron chi connectivity index (χ3n) is 5.24. The molecule has 0 spiro atoms. The number of nitrogens with one attached hydrogen (secondary N) is 1.